The van der Waals surface area contributed by atoms with Crippen LogP contribution in [0.15, 0.2) is 59.7 Å². The highest BCUT2D eigenvalue weighted by atomic mass is 16.1. The molecule has 0 saturated carbocycles. The van der Waals surface area contributed by atoms with Gasteiger partial charge < -0.3 is 15.1 Å². The van der Waals surface area contributed by atoms with E-state index < -0.39 is 0 Å². The zero-order chi connectivity index (χ0) is 25.1. The number of benzene rings is 1. The monoisotopic (exact) mass is 484 g/mol. The summed E-state index contributed by atoms with van der Waals surface area (Å²) in [5.74, 6) is 0.405. The number of hydrogen-bond acceptors (Lipinski definition) is 8. The number of piperazine rings is 1. The van der Waals surface area contributed by atoms with Gasteiger partial charge in [-0.25, -0.2) is 9.97 Å². The maximum atomic E-state index is 12.9. The molecular formula is C27H32N8O. The van der Waals surface area contributed by atoms with E-state index in [9.17, 15) is 4.79 Å². The van der Waals surface area contributed by atoms with E-state index in [1.807, 2.05) is 30.3 Å². The van der Waals surface area contributed by atoms with Crippen molar-refractivity contribution in [1.29, 1.82) is 0 Å². The molecule has 0 radical (unpaired) electrons. The second kappa shape index (κ2) is 10.4. The topological polar surface area (TPSA) is 92.1 Å². The van der Waals surface area contributed by atoms with Crippen LogP contribution in [0.25, 0.3) is 22.6 Å². The Morgan fingerprint density at radius 1 is 0.944 bits per heavy atom. The minimum atomic E-state index is -0.163. The molecule has 0 unspecified atom stereocenters. The van der Waals surface area contributed by atoms with Crippen molar-refractivity contribution >= 4 is 28.5 Å². The summed E-state index contributed by atoms with van der Waals surface area (Å²) in [7, 11) is 2.16. The molecule has 1 fully saturated rings. The summed E-state index contributed by atoms with van der Waals surface area (Å²) < 4.78 is 1.75. The molecule has 5 rings (SSSR count). The van der Waals surface area contributed by atoms with E-state index in [1.54, 1.807) is 10.8 Å². The van der Waals surface area contributed by atoms with Gasteiger partial charge in [-0.3, -0.25) is 14.3 Å². The zero-order valence-electron chi connectivity index (χ0n) is 21.1. The second-order valence-corrected chi connectivity index (χ2v) is 9.18. The van der Waals surface area contributed by atoms with Gasteiger partial charge in [0.05, 0.1) is 11.9 Å². The molecule has 1 aliphatic rings. The van der Waals surface area contributed by atoms with Crippen LogP contribution in [0, 0.1) is 0 Å². The van der Waals surface area contributed by atoms with E-state index in [-0.39, 0.29) is 11.6 Å². The normalized spacial score (nSPS) is 14.5. The number of nitrogens with zero attached hydrogens (tertiary/aromatic N) is 7. The Balaban J connectivity index is 1.55. The van der Waals surface area contributed by atoms with Crippen molar-refractivity contribution in [2.75, 3.05) is 43.4 Å². The number of aromatic nitrogens is 5. The first-order valence-corrected chi connectivity index (χ1v) is 12.6. The third-order valence-corrected chi connectivity index (χ3v) is 6.84. The molecule has 1 saturated heterocycles. The number of nitrogens with one attached hydrogen (secondary N) is 1. The first-order valence-electron chi connectivity index (χ1n) is 12.6. The summed E-state index contributed by atoms with van der Waals surface area (Å²) in [4.78, 5) is 36.2. The second-order valence-electron chi connectivity index (χ2n) is 9.18. The molecule has 0 spiro atoms. The van der Waals surface area contributed by atoms with Gasteiger partial charge in [-0.2, -0.15) is 4.98 Å². The Bertz CT molecular complexity index is 1380. The fraction of sp³-hybridized carbons (Fsp3) is 0.370. The highest BCUT2D eigenvalue weighted by molar-refractivity contribution is 5.87. The molecule has 0 atom stereocenters. The number of rotatable bonds is 7. The van der Waals surface area contributed by atoms with E-state index in [0.29, 0.717) is 28.5 Å². The summed E-state index contributed by atoms with van der Waals surface area (Å²) in [5, 5.41) is 3.35. The van der Waals surface area contributed by atoms with Gasteiger partial charge in [0.25, 0.3) is 5.56 Å². The van der Waals surface area contributed by atoms with Gasteiger partial charge in [0, 0.05) is 49.8 Å². The van der Waals surface area contributed by atoms with Gasteiger partial charge in [-0.15, -0.1) is 0 Å². The third-order valence-electron chi connectivity index (χ3n) is 6.84. The molecule has 9 heteroatoms. The van der Waals surface area contributed by atoms with Gasteiger partial charge in [0.15, 0.2) is 5.65 Å². The van der Waals surface area contributed by atoms with E-state index in [4.69, 9.17) is 9.97 Å². The number of hydrogen-bond donors (Lipinski definition) is 1. The van der Waals surface area contributed by atoms with Crippen molar-refractivity contribution in [2.24, 2.45) is 0 Å². The van der Waals surface area contributed by atoms with E-state index in [0.717, 1.165) is 44.7 Å². The van der Waals surface area contributed by atoms with Crippen LogP contribution in [0.1, 0.15) is 32.7 Å². The summed E-state index contributed by atoms with van der Waals surface area (Å²) in [5.41, 5.74) is 4.27. The predicted octanol–water partition coefficient (Wildman–Crippen LogP) is 4.11. The maximum absolute atomic E-state index is 12.9. The van der Waals surface area contributed by atoms with Crippen LogP contribution >= 0.6 is 0 Å². The van der Waals surface area contributed by atoms with E-state index in [2.05, 4.69) is 58.1 Å². The molecule has 0 bridgehead atoms. The lowest BCUT2D eigenvalue weighted by atomic mass is 10.1. The Labute approximate surface area is 210 Å². The molecule has 0 aliphatic carbocycles. The smallest absolute Gasteiger partial charge is 0.270 e. The molecule has 1 aliphatic heterocycles. The van der Waals surface area contributed by atoms with Gasteiger partial charge in [0.2, 0.25) is 5.95 Å². The fourth-order valence-electron chi connectivity index (χ4n) is 4.71. The first kappa shape index (κ1) is 23.9. The summed E-state index contributed by atoms with van der Waals surface area (Å²) >= 11 is 0. The summed E-state index contributed by atoms with van der Waals surface area (Å²) in [6.07, 6.45) is 4.72. The van der Waals surface area contributed by atoms with Crippen molar-refractivity contribution < 1.29 is 0 Å². The number of anilines is 3. The number of pyridine rings is 1. The van der Waals surface area contributed by atoms with Crippen LogP contribution in [0.3, 0.4) is 0 Å². The van der Waals surface area contributed by atoms with E-state index >= 15 is 0 Å². The van der Waals surface area contributed by atoms with Crippen molar-refractivity contribution in [3.63, 3.8) is 0 Å². The maximum Gasteiger partial charge on any atom is 0.270 e. The Morgan fingerprint density at radius 3 is 2.36 bits per heavy atom. The molecule has 4 aromatic rings. The van der Waals surface area contributed by atoms with Crippen LogP contribution in [0.4, 0.5) is 17.3 Å². The largest absolute Gasteiger partial charge is 0.369 e. The Morgan fingerprint density at radius 2 is 1.69 bits per heavy atom. The molecule has 186 valence electrons. The van der Waals surface area contributed by atoms with Crippen LogP contribution in [0.5, 0.6) is 0 Å². The van der Waals surface area contributed by atoms with Crippen LogP contribution in [-0.4, -0.2) is 62.6 Å². The molecule has 36 heavy (non-hydrogen) atoms. The first-order chi connectivity index (χ1) is 17.6. The van der Waals surface area contributed by atoms with Crippen LogP contribution < -0.4 is 15.8 Å². The lowest BCUT2D eigenvalue weighted by molar-refractivity contribution is 0.313. The number of likely N-dealkylation sites (N-methyl/N-ethyl adjacent to an activating group) is 1. The minimum absolute atomic E-state index is 0.0187. The van der Waals surface area contributed by atoms with Crippen molar-refractivity contribution in [3.05, 3.63) is 65.2 Å². The van der Waals surface area contributed by atoms with Gasteiger partial charge in [-0.05, 0) is 56.3 Å². The molecule has 4 heterocycles. The lowest BCUT2D eigenvalue weighted by Crippen LogP contribution is -2.44. The fourth-order valence-corrected chi connectivity index (χ4v) is 4.71. The summed E-state index contributed by atoms with van der Waals surface area (Å²) in [6, 6.07) is 14.0. The van der Waals surface area contributed by atoms with Gasteiger partial charge >= 0.3 is 0 Å². The predicted molar refractivity (Wildman–Crippen MR) is 144 cm³/mol. The third kappa shape index (κ3) is 4.79. The molecule has 1 N–H and O–H groups in total. The number of fused-ring (bicyclic) bond motifs is 1. The highest BCUT2D eigenvalue weighted by Gasteiger charge is 2.20. The SMILES string of the molecule is CCC(CC)n1c(=O)cnc2c(-c3ccccn3)nc(Nc3ccc(N4CCN(C)CC4)cc3)nc21. The molecule has 0 amide bonds. The highest BCUT2D eigenvalue weighted by Crippen LogP contribution is 2.28. The quantitative estimate of drug-likeness (QED) is 0.419. The summed E-state index contributed by atoms with van der Waals surface area (Å²) in [6.45, 7) is 8.32. The average molecular weight is 485 g/mol. The van der Waals surface area contributed by atoms with Crippen molar-refractivity contribution in [3.8, 4) is 11.4 Å². The average Bonchev–Trinajstić information content (AvgIpc) is 2.91. The molecule has 3 aromatic heterocycles. The van der Waals surface area contributed by atoms with Gasteiger partial charge in [-0.1, -0.05) is 19.9 Å². The van der Waals surface area contributed by atoms with Crippen LogP contribution in [-0.2, 0) is 0 Å². The van der Waals surface area contributed by atoms with E-state index in [1.165, 1.54) is 11.9 Å². The lowest BCUT2D eigenvalue weighted by Gasteiger charge is -2.34. The Hall–Kier alpha value is -3.85. The standard InChI is InChI=1S/C27H32N8O/c1-4-20(5-2)35-23(36)18-29-25-24(22-8-6-7-13-28-22)31-27(32-26(25)35)30-19-9-11-21(12-10-19)34-16-14-33(3)15-17-34/h6-13,18,20H,4-5,14-17H2,1-3H3,(H,30,31,32). The van der Waals surface area contributed by atoms with Crippen molar-refractivity contribution in [2.45, 2.75) is 32.7 Å². The minimum Gasteiger partial charge on any atom is -0.369 e. The van der Waals surface area contributed by atoms with Crippen LogP contribution in [0.2, 0.25) is 0 Å². The van der Waals surface area contributed by atoms with Gasteiger partial charge in [0.1, 0.15) is 11.2 Å². The van der Waals surface area contributed by atoms with Crippen molar-refractivity contribution in [1.82, 2.24) is 29.4 Å². The molecular weight excluding hydrogens is 452 g/mol. The molecule has 1 aromatic carbocycles. The Kier molecular flexibility index (Phi) is 6.90. The molecule has 9 nitrogen and oxygen atoms in total. The zero-order valence-corrected chi connectivity index (χ0v) is 21.1.